The molecule has 6 heteroatoms. The lowest BCUT2D eigenvalue weighted by Crippen LogP contribution is -2.20. The van der Waals surface area contributed by atoms with Crippen LogP contribution in [-0.4, -0.2) is 9.89 Å². The van der Waals surface area contributed by atoms with Gasteiger partial charge in [0.15, 0.2) is 5.69 Å². The average Bonchev–Trinajstić information content (AvgIpc) is 2.94. The van der Waals surface area contributed by atoms with E-state index >= 15 is 0 Å². The molecule has 1 aliphatic rings. The van der Waals surface area contributed by atoms with Crippen molar-refractivity contribution >= 4 is 0 Å². The van der Waals surface area contributed by atoms with Gasteiger partial charge in [0.05, 0.1) is 12.2 Å². The van der Waals surface area contributed by atoms with Crippen molar-refractivity contribution in [3.05, 3.63) is 52.8 Å². The van der Waals surface area contributed by atoms with Crippen LogP contribution in [0.3, 0.4) is 0 Å². The maximum atomic E-state index is 12.7. The normalized spacial score (nSPS) is 18.1. The van der Waals surface area contributed by atoms with E-state index in [0.29, 0.717) is 0 Å². The Morgan fingerprint density at radius 3 is 2.75 bits per heavy atom. The van der Waals surface area contributed by atoms with Crippen LogP contribution in [0.1, 0.15) is 34.8 Å². The van der Waals surface area contributed by atoms with Gasteiger partial charge in [0.1, 0.15) is 0 Å². The zero-order valence-corrected chi connectivity index (χ0v) is 10.9. The van der Waals surface area contributed by atoms with Crippen molar-refractivity contribution in [3.8, 4) is 0 Å². The van der Waals surface area contributed by atoms with Crippen LogP contribution in [0.2, 0.25) is 0 Å². The van der Waals surface area contributed by atoms with Gasteiger partial charge in [-0.15, -0.1) is 5.10 Å². The molecule has 20 heavy (non-hydrogen) atoms. The number of alkyl halides is 3. The van der Waals surface area contributed by atoms with Gasteiger partial charge in [0.2, 0.25) is 0 Å². The minimum Gasteiger partial charge on any atom is -0.302 e. The van der Waals surface area contributed by atoms with Crippen molar-refractivity contribution in [1.82, 2.24) is 9.89 Å². The first-order valence-corrected chi connectivity index (χ1v) is 6.43. The number of benzene rings is 1. The van der Waals surface area contributed by atoms with Gasteiger partial charge in [0, 0.05) is 5.56 Å². The van der Waals surface area contributed by atoms with E-state index in [1.807, 2.05) is 24.3 Å². The summed E-state index contributed by atoms with van der Waals surface area (Å²) in [4.78, 5) is 1.19. The third-order valence-corrected chi connectivity index (χ3v) is 3.59. The zero-order valence-electron chi connectivity index (χ0n) is 10.9. The highest BCUT2D eigenvalue weighted by molar-refractivity contribution is 5.36. The second-order valence-electron chi connectivity index (χ2n) is 5.02. The van der Waals surface area contributed by atoms with Crippen LogP contribution in [0.15, 0.2) is 30.5 Å². The second kappa shape index (κ2) is 4.54. The van der Waals surface area contributed by atoms with Crippen molar-refractivity contribution in [2.75, 3.05) is 5.43 Å². The fourth-order valence-corrected chi connectivity index (χ4v) is 2.66. The molecule has 0 fully saturated rings. The van der Waals surface area contributed by atoms with Crippen LogP contribution in [0, 0.1) is 6.92 Å². The first-order valence-electron chi connectivity index (χ1n) is 6.43. The fourth-order valence-electron chi connectivity index (χ4n) is 2.66. The van der Waals surface area contributed by atoms with Crippen molar-refractivity contribution in [1.29, 1.82) is 0 Å². The number of aryl methyl sites for hydroxylation is 2. The summed E-state index contributed by atoms with van der Waals surface area (Å²) in [7, 11) is 0. The van der Waals surface area contributed by atoms with Gasteiger partial charge in [-0.25, -0.2) is 0 Å². The van der Waals surface area contributed by atoms with Crippen LogP contribution in [-0.2, 0) is 12.6 Å². The fraction of sp³-hybridized carbons (Fsp3) is 0.357. The maximum Gasteiger partial charge on any atom is 0.435 e. The van der Waals surface area contributed by atoms with Gasteiger partial charge < -0.3 is 5.43 Å². The molecular formula is C14H14F3N3. The largest absolute Gasteiger partial charge is 0.435 e. The smallest absolute Gasteiger partial charge is 0.302 e. The van der Waals surface area contributed by atoms with Gasteiger partial charge in [-0.3, -0.25) is 0 Å². The van der Waals surface area contributed by atoms with E-state index in [9.17, 15) is 13.2 Å². The summed E-state index contributed by atoms with van der Waals surface area (Å²) in [6.07, 6.45) is -1.24. The van der Waals surface area contributed by atoms with E-state index < -0.39 is 11.9 Å². The van der Waals surface area contributed by atoms with Crippen LogP contribution in [0.4, 0.5) is 13.2 Å². The molecule has 0 saturated heterocycles. The molecular weight excluding hydrogens is 267 g/mol. The van der Waals surface area contributed by atoms with E-state index in [0.717, 1.165) is 18.4 Å². The summed E-state index contributed by atoms with van der Waals surface area (Å²) in [5, 5.41) is 3.60. The average molecular weight is 281 g/mol. The van der Waals surface area contributed by atoms with Gasteiger partial charge in [0.25, 0.3) is 0 Å². The van der Waals surface area contributed by atoms with Crippen LogP contribution >= 0.6 is 0 Å². The summed E-state index contributed by atoms with van der Waals surface area (Å²) in [6, 6.07) is 7.97. The molecule has 0 amide bonds. The molecule has 1 heterocycles. The first kappa shape index (κ1) is 13.0. The van der Waals surface area contributed by atoms with Gasteiger partial charge in [-0.1, -0.05) is 24.3 Å². The molecule has 1 atom stereocenters. The highest BCUT2D eigenvalue weighted by atomic mass is 19.4. The molecule has 0 aliphatic heterocycles. The molecule has 3 nitrogen and oxygen atoms in total. The molecule has 1 N–H and O–H groups in total. The molecule has 0 bridgehead atoms. The number of rotatable bonds is 2. The Hall–Kier alpha value is -1.98. The highest BCUT2D eigenvalue weighted by Gasteiger charge is 2.36. The van der Waals surface area contributed by atoms with E-state index in [2.05, 4.69) is 10.5 Å². The lowest BCUT2D eigenvalue weighted by molar-refractivity contribution is -0.141. The lowest BCUT2D eigenvalue weighted by atomic mass is 10.1. The number of nitrogens with zero attached hydrogens (tertiary/aromatic N) is 2. The van der Waals surface area contributed by atoms with Crippen molar-refractivity contribution in [3.63, 3.8) is 0 Å². The topological polar surface area (TPSA) is 29.9 Å². The van der Waals surface area contributed by atoms with Crippen LogP contribution in [0.5, 0.6) is 0 Å². The minimum absolute atomic E-state index is 0.00610. The molecule has 1 aromatic carbocycles. The van der Waals surface area contributed by atoms with E-state index in [4.69, 9.17) is 0 Å². The Bertz CT molecular complexity index is 631. The summed E-state index contributed by atoms with van der Waals surface area (Å²) < 4.78 is 38.1. The molecule has 1 aromatic heterocycles. The third-order valence-electron chi connectivity index (χ3n) is 3.59. The molecule has 0 radical (unpaired) electrons. The second-order valence-corrected chi connectivity index (χ2v) is 5.02. The minimum atomic E-state index is -4.41. The Balaban J connectivity index is 1.83. The summed E-state index contributed by atoms with van der Waals surface area (Å²) >= 11 is 0. The Morgan fingerprint density at radius 2 is 2.05 bits per heavy atom. The quantitative estimate of drug-likeness (QED) is 0.913. The summed E-state index contributed by atoms with van der Waals surface area (Å²) in [6.45, 7) is 1.41. The molecule has 0 spiro atoms. The third kappa shape index (κ3) is 2.26. The number of hydrogen-bond donors (Lipinski definition) is 1. The van der Waals surface area contributed by atoms with E-state index in [-0.39, 0.29) is 11.6 Å². The number of halogens is 3. The molecule has 1 aliphatic carbocycles. The number of aromatic nitrogens is 2. The maximum absolute atomic E-state index is 12.7. The summed E-state index contributed by atoms with van der Waals surface area (Å²) in [5.41, 5.74) is 4.69. The Morgan fingerprint density at radius 1 is 1.30 bits per heavy atom. The SMILES string of the molecule is Cc1cn(NC2CCc3ccccc32)nc1C(F)(F)F. The number of fused-ring (bicyclic) bond motifs is 1. The zero-order chi connectivity index (χ0) is 14.3. The molecule has 2 aromatic rings. The predicted octanol–water partition coefficient (Wildman–Crippen LogP) is 3.44. The van der Waals surface area contributed by atoms with Gasteiger partial charge in [-0.05, 0) is 30.9 Å². The van der Waals surface area contributed by atoms with E-state index in [1.165, 1.54) is 23.5 Å². The summed E-state index contributed by atoms with van der Waals surface area (Å²) in [5.74, 6) is 0. The van der Waals surface area contributed by atoms with Gasteiger partial charge >= 0.3 is 6.18 Å². The van der Waals surface area contributed by atoms with Crippen LogP contribution in [0.25, 0.3) is 0 Å². The van der Waals surface area contributed by atoms with E-state index in [1.54, 1.807) is 0 Å². The highest BCUT2D eigenvalue weighted by Crippen LogP contribution is 2.33. The molecule has 106 valence electrons. The van der Waals surface area contributed by atoms with Crippen molar-refractivity contribution in [2.45, 2.75) is 32.0 Å². The standard InChI is InChI=1S/C14H14F3N3/c1-9-8-20(19-13(9)14(15,16)17)18-12-7-6-10-4-2-3-5-11(10)12/h2-5,8,12,18H,6-7H2,1H3. The van der Waals surface area contributed by atoms with Crippen LogP contribution < -0.4 is 5.43 Å². The number of nitrogens with one attached hydrogen (secondary N) is 1. The molecule has 1 unspecified atom stereocenters. The number of hydrogen-bond acceptors (Lipinski definition) is 2. The monoisotopic (exact) mass is 281 g/mol. The lowest BCUT2D eigenvalue weighted by Gasteiger charge is -2.15. The Labute approximate surface area is 114 Å². The molecule has 0 saturated carbocycles. The van der Waals surface area contributed by atoms with Crippen molar-refractivity contribution < 1.29 is 13.2 Å². The first-order chi connectivity index (χ1) is 9.45. The Kier molecular flexibility index (Phi) is 2.96. The predicted molar refractivity (Wildman–Crippen MR) is 68.8 cm³/mol. The van der Waals surface area contributed by atoms with Crippen molar-refractivity contribution in [2.24, 2.45) is 0 Å². The van der Waals surface area contributed by atoms with Gasteiger partial charge in [-0.2, -0.15) is 18.0 Å². The molecule has 3 rings (SSSR count).